The Morgan fingerprint density at radius 2 is 1.92 bits per heavy atom. The van der Waals surface area contributed by atoms with E-state index in [1.807, 2.05) is 0 Å². The number of nitro benzene ring substituents is 1. The van der Waals surface area contributed by atoms with Crippen molar-refractivity contribution in [2.24, 2.45) is 0 Å². The lowest BCUT2D eigenvalue weighted by Crippen LogP contribution is -2.30. The fourth-order valence-corrected chi connectivity index (χ4v) is 2.90. The average Bonchev–Trinajstić information content (AvgIpc) is 2.50. The van der Waals surface area contributed by atoms with Crippen molar-refractivity contribution in [3.63, 3.8) is 0 Å². The fourth-order valence-electron chi connectivity index (χ4n) is 2.06. The number of nitro groups is 1. The monoisotopic (exact) mass is 431 g/mol. The van der Waals surface area contributed by atoms with Crippen LogP contribution in [0.1, 0.15) is 0 Å². The van der Waals surface area contributed by atoms with E-state index in [1.165, 1.54) is 11.0 Å². The number of hydrogen-bond donors (Lipinski definition) is 1. The standard InChI is InChI=1S/C15H12BrCl2N3O3/c1-20(12-6-5-9(16)7-13(12)21(23)24)8-14(22)19-15-10(17)3-2-4-11(15)18/h2-7H,8H2,1H3,(H,19,22). The maximum absolute atomic E-state index is 12.2. The van der Waals surface area contributed by atoms with Crippen LogP contribution in [-0.2, 0) is 4.79 Å². The number of benzene rings is 2. The SMILES string of the molecule is CN(CC(=O)Nc1c(Cl)cccc1Cl)c1ccc(Br)cc1[N+](=O)[O-]. The van der Waals surface area contributed by atoms with Crippen LogP contribution in [0.3, 0.4) is 0 Å². The Hall–Kier alpha value is -1.83. The zero-order chi connectivity index (χ0) is 17.9. The molecule has 2 aromatic rings. The molecule has 1 amide bonds. The van der Waals surface area contributed by atoms with Crippen molar-refractivity contribution in [1.29, 1.82) is 0 Å². The molecule has 2 rings (SSSR count). The number of nitrogens with zero attached hydrogens (tertiary/aromatic N) is 2. The largest absolute Gasteiger partial charge is 0.360 e. The lowest BCUT2D eigenvalue weighted by Gasteiger charge is -2.19. The third-order valence-electron chi connectivity index (χ3n) is 3.15. The summed E-state index contributed by atoms with van der Waals surface area (Å²) in [7, 11) is 1.59. The highest BCUT2D eigenvalue weighted by Gasteiger charge is 2.20. The molecule has 0 aliphatic rings. The van der Waals surface area contributed by atoms with E-state index in [0.29, 0.717) is 25.9 Å². The van der Waals surface area contributed by atoms with Crippen molar-refractivity contribution in [3.05, 3.63) is 61.0 Å². The maximum Gasteiger partial charge on any atom is 0.293 e. The van der Waals surface area contributed by atoms with Crippen LogP contribution in [0, 0.1) is 10.1 Å². The van der Waals surface area contributed by atoms with E-state index in [9.17, 15) is 14.9 Å². The quantitative estimate of drug-likeness (QED) is 0.546. The minimum absolute atomic E-state index is 0.101. The lowest BCUT2D eigenvalue weighted by molar-refractivity contribution is -0.384. The number of nitrogens with one attached hydrogen (secondary N) is 1. The molecule has 0 bridgehead atoms. The molecule has 0 radical (unpaired) electrons. The molecule has 9 heteroatoms. The van der Waals surface area contributed by atoms with Gasteiger partial charge in [-0.15, -0.1) is 0 Å². The Kier molecular flexibility index (Phi) is 6.04. The predicted octanol–water partition coefficient (Wildman–Crippen LogP) is 4.74. The molecule has 0 unspecified atom stereocenters. The fraction of sp³-hybridized carbons (Fsp3) is 0.133. The molecule has 0 spiro atoms. The molecule has 6 nitrogen and oxygen atoms in total. The number of rotatable bonds is 5. The molecule has 0 atom stereocenters. The van der Waals surface area contributed by atoms with Gasteiger partial charge in [-0.3, -0.25) is 14.9 Å². The molecule has 0 aliphatic carbocycles. The molecule has 1 N–H and O–H groups in total. The highest BCUT2D eigenvalue weighted by molar-refractivity contribution is 9.10. The van der Waals surface area contributed by atoms with Gasteiger partial charge in [0.05, 0.1) is 27.2 Å². The number of carbonyl (C=O) groups is 1. The molecule has 0 aromatic heterocycles. The summed E-state index contributed by atoms with van der Waals surface area (Å²) in [6.45, 7) is -0.107. The van der Waals surface area contributed by atoms with Gasteiger partial charge in [-0.1, -0.05) is 45.2 Å². The molecule has 0 saturated carbocycles. The third kappa shape index (κ3) is 4.37. The van der Waals surface area contributed by atoms with Crippen molar-refractivity contribution < 1.29 is 9.72 Å². The normalized spacial score (nSPS) is 10.3. The van der Waals surface area contributed by atoms with Crippen molar-refractivity contribution in [2.45, 2.75) is 0 Å². The lowest BCUT2D eigenvalue weighted by atomic mass is 10.2. The molecule has 24 heavy (non-hydrogen) atoms. The van der Waals surface area contributed by atoms with E-state index in [0.717, 1.165) is 0 Å². The topological polar surface area (TPSA) is 75.5 Å². The molecular formula is C15H12BrCl2N3O3. The van der Waals surface area contributed by atoms with Crippen LogP contribution >= 0.6 is 39.1 Å². The van der Waals surface area contributed by atoms with E-state index in [1.54, 1.807) is 37.4 Å². The highest BCUT2D eigenvalue weighted by Crippen LogP contribution is 2.31. The van der Waals surface area contributed by atoms with E-state index in [2.05, 4.69) is 21.2 Å². The summed E-state index contributed by atoms with van der Waals surface area (Å²) in [4.78, 5) is 24.3. The number of likely N-dealkylation sites (N-methyl/N-ethyl adjacent to an activating group) is 1. The van der Waals surface area contributed by atoms with Gasteiger partial charge in [0.1, 0.15) is 5.69 Å². The summed E-state index contributed by atoms with van der Waals surface area (Å²) in [5, 5.41) is 14.4. The molecule has 2 aromatic carbocycles. The summed E-state index contributed by atoms with van der Waals surface area (Å²) in [6, 6.07) is 9.49. The number of carbonyl (C=O) groups excluding carboxylic acids is 1. The van der Waals surface area contributed by atoms with Gasteiger partial charge < -0.3 is 10.2 Å². The molecule has 0 saturated heterocycles. The van der Waals surface area contributed by atoms with E-state index in [-0.39, 0.29) is 12.2 Å². The zero-order valence-corrected chi connectivity index (χ0v) is 15.5. The Bertz CT molecular complexity index is 781. The Morgan fingerprint density at radius 1 is 1.29 bits per heavy atom. The van der Waals surface area contributed by atoms with E-state index < -0.39 is 10.8 Å². The van der Waals surface area contributed by atoms with Crippen LogP contribution in [0.15, 0.2) is 40.9 Å². The Labute approximate surface area is 156 Å². The minimum Gasteiger partial charge on any atom is -0.360 e. The van der Waals surface area contributed by atoms with Crippen LogP contribution in [0.4, 0.5) is 17.1 Å². The molecule has 0 aliphatic heterocycles. The molecule has 126 valence electrons. The Balaban J connectivity index is 2.17. The average molecular weight is 433 g/mol. The van der Waals surface area contributed by atoms with Gasteiger partial charge in [-0.25, -0.2) is 0 Å². The number of anilines is 2. The molecule has 0 fully saturated rings. The van der Waals surface area contributed by atoms with Crippen molar-refractivity contribution in [2.75, 3.05) is 23.8 Å². The smallest absolute Gasteiger partial charge is 0.293 e. The first-order valence-corrected chi connectivity index (χ1v) is 8.23. The van der Waals surface area contributed by atoms with Gasteiger partial charge >= 0.3 is 0 Å². The van der Waals surface area contributed by atoms with Crippen LogP contribution in [0.25, 0.3) is 0 Å². The number of hydrogen-bond acceptors (Lipinski definition) is 4. The Morgan fingerprint density at radius 3 is 2.50 bits per heavy atom. The predicted molar refractivity (Wildman–Crippen MR) is 99.2 cm³/mol. The summed E-state index contributed by atoms with van der Waals surface area (Å²) < 4.78 is 0.582. The summed E-state index contributed by atoms with van der Waals surface area (Å²) in [6.07, 6.45) is 0. The van der Waals surface area contributed by atoms with Crippen molar-refractivity contribution in [1.82, 2.24) is 0 Å². The molecular weight excluding hydrogens is 421 g/mol. The number of para-hydroxylation sites is 1. The van der Waals surface area contributed by atoms with Gasteiger partial charge in [0.25, 0.3) is 5.69 Å². The summed E-state index contributed by atoms with van der Waals surface area (Å²) >= 11 is 15.2. The minimum atomic E-state index is -0.501. The maximum atomic E-state index is 12.2. The van der Waals surface area contributed by atoms with Gasteiger partial charge in [0.2, 0.25) is 5.91 Å². The van der Waals surface area contributed by atoms with Gasteiger partial charge in [-0.2, -0.15) is 0 Å². The zero-order valence-electron chi connectivity index (χ0n) is 12.4. The second kappa shape index (κ2) is 7.83. The van der Waals surface area contributed by atoms with E-state index in [4.69, 9.17) is 23.2 Å². The highest BCUT2D eigenvalue weighted by atomic mass is 79.9. The first-order valence-electron chi connectivity index (χ1n) is 6.68. The molecule has 0 heterocycles. The summed E-state index contributed by atoms with van der Waals surface area (Å²) in [5.41, 5.74) is 0.531. The van der Waals surface area contributed by atoms with Crippen molar-refractivity contribution >= 4 is 62.1 Å². The van der Waals surface area contributed by atoms with Crippen LogP contribution in [0.2, 0.25) is 10.0 Å². The van der Waals surface area contributed by atoms with Gasteiger partial charge in [0, 0.05) is 17.6 Å². The third-order valence-corrected chi connectivity index (χ3v) is 4.28. The van der Waals surface area contributed by atoms with Crippen LogP contribution in [-0.4, -0.2) is 24.4 Å². The van der Waals surface area contributed by atoms with Crippen LogP contribution < -0.4 is 10.2 Å². The number of amides is 1. The second-order valence-corrected chi connectivity index (χ2v) is 6.62. The van der Waals surface area contributed by atoms with Crippen LogP contribution in [0.5, 0.6) is 0 Å². The first-order chi connectivity index (χ1) is 11.3. The second-order valence-electron chi connectivity index (χ2n) is 4.89. The van der Waals surface area contributed by atoms with E-state index >= 15 is 0 Å². The summed E-state index contributed by atoms with van der Waals surface area (Å²) in [5.74, 6) is -0.398. The van der Waals surface area contributed by atoms with Crippen molar-refractivity contribution in [3.8, 4) is 0 Å². The number of halogens is 3. The van der Waals surface area contributed by atoms with Gasteiger partial charge in [-0.05, 0) is 24.3 Å². The first kappa shape index (κ1) is 18.5. The van der Waals surface area contributed by atoms with Gasteiger partial charge in [0.15, 0.2) is 0 Å².